The fourth-order valence-corrected chi connectivity index (χ4v) is 2.07. The number of hydrogen-bond donors (Lipinski definition) is 1. The summed E-state index contributed by atoms with van der Waals surface area (Å²) in [6.07, 6.45) is 0.795. The van der Waals surface area contributed by atoms with Gasteiger partial charge in [-0.2, -0.15) is 0 Å². The number of benzene rings is 1. The highest BCUT2D eigenvalue weighted by molar-refractivity contribution is 5.80. The first-order valence-electron chi connectivity index (χ1n) is 5.71. The van der Waals surface area contributed by atoms with Crippen LogP contribution in [0.2, 0.25) is 0 Å². The Kier molecular flexibility index (Phi) is 3.42. The Balaban J connectivity index is 2.04. The summed E-state index contributed by atoms with van der Waals surface area (Å²) in [4.78, 5) is 24.3. The fourth-order valence-electron chi connectivity index (χ4n) is 2.07. The highest BCUT2D eigenvalue weighted by Crippen LogP contribution is 2.19. The highest BCUT2D eigenvalue weighted by Gasteiger charge is 2.29. The van der Waals surface area contributed by atoms with Gasteiger partial charge in [0.2, 0.25) is 5.91 Å². The molecule has 4 heteroatoms. The van der Waals surface area contributed by atoms with Crippen LogP contribution in [0.1, 0.15) is 18.4 Å². The van der Waals surface area contributed by atoms with E-state index in [9.17, 15) is 9.59 Å². The summed E-state index contributed by atoms with van der Waals surface area (Å²) in [6, 6.07) is 9.63. The molecule has 17 heavy (non-hydrogen) atoms. The van der Waals surface area contributed by atoms with Crippen LogP contribution in [0.4, 0.5) is 0 Å². The molecule has 0 bridgehead atoms. The van der Waals surface area contributed by atoms with Crippen LogP contribution in [0.25, 0.3) is 0 Å². The zero-order valence-electron chi connectivity index (χ0n) is 9.50. The molecule has 1 amide bonds. The lowest BCUT2D eigenvalue weighted by atomic mass is 9.97. The van der Waals surface area contributed by atoms with Gasteiger partial charge in [0.05, 0.1) is 5.92 Å². The van der Waals surface area contributed by atoms with E-state index in [1.165, 1.54) is 0 Å². The van der Waals surface area contributed by atoms with Crippen molar-refractivity contribution < 1.29 is 14.7 Å². The summed E-state index contributed by atoms with van der Waals surface area (Å²) >= 11 is 0. The summed E-state index contributed by atoms with van der Waals surface area (Å²) in [6.45, 7) is 0.826. The predicted octanol–water partition coefficient (Wildman–Crippen LogP) is 1.51. The highest BCUT2D eigenvalue weighted by atomic mass is 16.4. The summed E-state index contributed by atoms with van der Waals surface area (Å²) in [5.74, 6) is -1.18. The number of likely N-dealkylation sites (tertiary alicyclic amines) is 1. The normalized spacial score (nSPS) is 20.4. The van der Waals surface area contributed by atoms with Gasteiger partial charge in [-0.1, -0.05) is 30.3 Å². The molecule has 1 fully saturated rings. The van der Waals surface area contributed by atoms with Crippen LogP contribution in [0.15, 0.2) is 30.3 Å². The summed E-state index contributed by atoms with van der Waals surface area (Å²) in [7, 11) is 0. The maximum Gasteiger partial charge on any atom is 0.308 e. The lowest BCUT2D eigenvalue weighted by Gasteiger charge is -2.30. The van der Waals surface area contributed by atoms with Gasteiger partial charge >= 0.3 is 5.97 Å². The number of aliphatic carboxylic acids is 1. The Morgan fingerprint density at radius 2 is 2.06 bits per heavy atom. The zero-order valence-corrected chi connectivity index (χ0v) is 9.50. The van der Waals surface area contributed by atoms with Gasteiger partial charge in [-0.15, -0.1) is 0 Å². The van der Waals surface area contributed by atoms with Gasteiger partial charge in [0.25, 0.3) is 0 Å². The molecular weight excluding hydrogens is 218 g/mol. The topological polar surface area (TPSA) is 57.6 Å². The Bertz CT molecular complexity index is 416. The van der Waals surface area contributed by atoms with Crippen molar-refractivity contribution in [3.63, 3.8) is 0 Å². The molecule has 1 aromatic carbocycles. The fraction of sp³-hybridized carbons (Fsp3) is 0.385. The van der Waals surface area contributed by atoms with Crippen LogP contribution < -0.4 is 0 Å². The SMILES string of the molecule is O=C(O)[C@H]1CCC(=O)N(Cc2ccccc2)C1. The maximum absolute atomic E-state index is 11.7. The Morgan fingerprint density at radius 1 is 1.35 bits per heavy atom. The van der Waals surface area contributed by atoms with Crippen molar-refractivity contribution in [2.75, 3.05) is 6.54 Å². The molecule has 0 saturated carbocycles. The van der Waals surface area contributed by atoms with Crippen molar-refractivity contribution in [2.24, 2.45) is 5.92 Å². The summed E-state index contributed by atoms with van der Waals surface area (Å²) in [5.41, 5.74) is 1.03. The molecule has 1 saturated heterocycles. The molecule has 0 spiro atoms. The van der Waals surface area contributed by atoms with E-state index in [4.69, 9.17) is 5.11 Å². The first kappa shape index (κ1) is 11.6. The third kappa shape index (κ3) is 2.84. The molecule has 0 radical (unpaired) electrons. The summed E-state index contributed by atoms with van der Waals surface area (Å²) in [5, 5.41) is 8.97. The van der Waals surface area contributed by atoms with Crippen molar-refractivity contribution in [1.82, 2.24) is 4.90 Å². The maximum atomic E-state index is 11.7. The Labute approximate surface area is 99.9 Å². The van der Waals surface area contributed by atoms with E-state index in [-0.39, 0.29) is 5.91 Å². The third-order valence-electron chi connectivity index (χ3n) is 3.07. The molecule has 1 aromatic rings. The molecule has 90 valence electrons. The van der Waals surface area contributed by atoms with Crippen molar-refractivity contribution >= 4 is 11.9 Å². The molecule has 0 aliphatic carbocycles. The molecule has 2 rings (SSSR count). The zero-order chi connectivity index (χ0) is 12.3. The molecule has 0 unspecified atom stereocenters. The second-order valence-corrected chi connectivity index (χ2v) is 4.33. The van der Waals surface area contributed by atoms with E-state index in [0.29, 0.717) is 25.9 Å². The van der Waals surface area contributed by atoms with Gasteiger partial charge in [0.15, 0.2) is 0 Å². The predicted molar refractivity (Wildman–Crippen MR) is 62.2 cm³/mol. The van der Waals surface area contributed by atoms with E-state index >= 15 is 0 Å². The van der Waals surface area contributed by atoms with Crippen LogP contribution in [0.5, 0.6) is 0 Å². The largest absolute Gasteiger partial charge is 0.481 e. The van der Waals surface area contributed by atoms with Crippen LogP contribution in [0.3, 0.4) is 0 Å². The van der Waals surface area contributed by atoms with Crippen molar-refractivity contribution in [1.29, 1.82) is 0 Å². The quantitative estimate of drug-likeness (QED) is 0.861. The number of carbonyl (C=O) groups excluding carboxylic acids is 1. The van der Waals surface area contributed by atoms with Gasteiger partial charge in [-0.25, -0.2) is 0 Å². The van der Waals surface area contributed by atoms with E-state index in [1.807, 2.05) is 30.3 Å². The van der Waals surface area contributed by atoms with Crippen molar-refractivity contribution in [3.05, 3.63) is 35.9 Å². The molecule has 1 aliphatic rings. The smallest absolute Gasteiger partial charge is 0.308 e. The number of nitrogens with zero attached hydrogens (tertiary/aromatic N) is 1. The van der Waals surface area contributed by atoms with Crippen LogP contribution >= 0.6 is 0 Å². The minimum Gasteiger partial charge on any atom is -0.481 e. The second-order valence-electron chi connectivity index (χ2n) is 4.33. The summed E-state index contributed by atoms with van der Waals surface area (Å²) < 4.78 is 0. The number of carboxylic acid groups (broad SMARTS) is 1. The molecular formula is C13H15NO3. The first-order valence-corrected chi connectivity index (χ1v) is 5.71. The average molecular weight is 233 g/mol. The monoisotopic (exact) mass is 233 g/mol. The Morgan fingerprint density at radius 3 is 2.71 bits per heavy atom. The first-order chi connectivity index (χ1) is 8.16. The molecule has 1 atom stereocenters. The second kappa shape index (κ2) is 4.99. The van der Waals surface area contributed by atoms with Gasteiger partial charge in [-0.3, -0.25) is 9.59 Å². The lowest BCUT2D eigenvalue weighted by molar-refractivity contribution is -0.147. The minimum absolute atomic E-state index is 0.0475. The molecule has 1 aliphatic heterocycles. The third-order valence-corrected chi connectivity index (χ3v) is 3.07. The van der Waals surface area contributed by atoms with Gasteiger partial charge in [-0.05, 0) is 12.0 Å². The van der Waals surface area contributed by atoms with E-state index in [1.54, 1.807) is 4.90 Å². The van der Waals surface area contributed by atoms with Crippen LogP contribution in [-0.4, -0.2) is 28.4 Å². The van der Waals surface area contributed by atoms with Crippen LogP contribution in [0, 0.1) is 5.92 Å². The minimum atomic E-state index is -0.810. The molecule has 0 aromatic heterocycles. The number of amides is 1. The Hall–Kier alpha value is -1.84. The number of carboxylic acids is 1. The van der Waals surface area contributed by atoms with Crippen molar-refractivity contribution in [2.45, 2.75) is 19.4 Å². The molecule has 1 N–H and O–H groups in total. The molecule has 1 heterocycles. The van der Waals surface area contributed by atoms with E-state index in [0.717, 1.165) is 5.56 Å². The number of carbonyl (C=O) groups is 2. The number of hydrogen-bond acceptors (Lipinski definition) is 2. The number of rotatable bonds is 3. The standard InChI is InChI=1S/C13H15NO3/c15-12-7-6-11(13(16)17)9-14(12)8-10-4-2-1-3-5-10/h1-5,11H,6-9H2,(H,16,17)/t11-/m0/s1. The van der Waals surface area contributed by atoms with E-state index < -0.39 is 11.9 Å². The molecule has 4 nitrogen and oxygen atoms in total. The van der Waals surface area contributed by atoms with Gasteiger partial charge in [0.1, 0.15) is 0 Å². The van der Waals surface area contributed by atoms with Crippen molar-refractivity contribution in [3.8, 4) is 0 Å². The average Bonchev–Trinajstić information content (AvgIpc) is 2.33. The number of piperidine rings is 1. The van der Waals surface area contributed by atoms with Gasteiger partial charge in [0, 0.05) is 19.5 Å². The van der Waals surface area contributed by atoms with Gasteiger partial charge < -0.3 is 10.0 Å². The lowest BCUT2D eigenvalue weighted by Crippen LogP contribution is -2.41. The van der Waals surface area contributed by atoms with Crippen LogP contribution in [-0.2, 0) is 16.1 Å². The van der Waals surface area contributed by atoms with E-state index in [2.05, 4.69) is 0 Å².